The van der Waals surface area contributed by atoms with Crippen LogP contribution in [0, 0.1) is 5.92 Å². The summed E-state index contributed by atoms with van der Waals surface area (Å²) in [6.45, 7) is 4.27. The van der Waals surface area contributed by atoms with Gasteiger partial charge < -0.3 is 0 Å². The maximum Gasteiger partial charge on any atom is 0.246 e. The van der Waals surface area contributed by atoms with Crippen LogP contribution in [0.4, 0.5) is 0 Å². The topological polar surface area (TPSA) is 29.5 Å². The van der Waals surface area contributed by atoms with Gasteiger partial charge in [-0.25, -0.2) is 5.06 Å². The van der Waals surface area contributed by atoms with Gasteiger partial charge in [0.15, 0.2) is 0 Å². The second kappa shape index (κ2) is 6.89. The fraction of sp³-hybridized carbons (Fsp3) is 0.900. The minimum absolute atomic E-state index is 0.0612. The Bertz CT molecular complexity index is 148. The molecule has 0 aliphatic rings. The number of nitrogens with zero attached hydrogens (tertiary/aromatic N) is 1. The van der Waals surface area contributed by atoms with Gasteiger partial charge in [-0.3, -0.25) is 9.63 Å². The largest absolute Gasteiger partial charge is 0.275 e. The van der Waals surface area contributed by atoms with Crippen molar-refractivity contribution in [1.82, 2.24) is 5.06 Å². The van der Waals surface area contributed by atoms with E-state index in [1.54, 1.807) is 7.05 Å². The van der Waals surface area contributed by atoms with Crippen molar-refractivity contribution >= 4 is 5.91 Å². The highest BCUT2D eigenvalue weighted by molar-refractivity contribution is 5.74. The number of amides is 1. The van der Waals surface area contributed by atoms with Crippen molar-refractivity contribution in [3.8, 4) is 0 Å². The molecule has 0 aromatic heterocycles. The predicted octanol–water partition coefficient (Wildman–Crippen LogP) is 2.22. The van der Waals surface area contributed by atoms with E-state index in [4.69, 9.17) is 4.84 Å². The molecule has 0 saturated heterocycles. The normalized spacial score (nSPS) is 12.6. The number of hydrogen-bond donors (Lipinski definition) is 0. The van der Waals surface area contributed by atoms with E-state index in [0.717, 1.165) is 6.42 Å². The van der Waals surface area contributed by atoms with Crippen molar-refractivity contribution < 1.29 is 9.63 Å². The molecule has 1 amide bonds. The Morgan fingerprint density at radius 2 is 2.15 bits per heavy atom. The monoisotopic (exact) mass is 187 g/mol. The van der Waals surface area contributed by atoms with Crippen molar-refractivity contribution in [1.29, 1.82) is 0 Å². The van der Waals surface area contributed by atoms with Crippen LogP contribution in [0.1, 0.15) is 39.5 Å². The van der Waals surface area contributed by atoms with Crippen LogP contribution in [0.2, 0.25) is 0 Å². The molecule has 78 valence electrons. The molecule has 0 fully saturated rings. The van der Waals surface area contributed by atoms with Crippen LogP contribution < -0.4 is 0 Å². The molecular formula is C10H21NO2. The third kappa shape index (κ3) is 5.64. The van der Waals surface area contributed by atoms with Gasteiger partial charge in [0.25, 0.3) is 0 Å². The Morgan fingerprint density at radius 3 is 2.62 bits per heavy atom. The van der Waals surface area contributed by atoms with Crippen LogP contribution in [-0.4, -0.2) is 25.1 Å². The molecular weight excluding hydrogens is 166 g/mol. The molecule has 3 heteroatoms. The number of hydrogen-bond acceptors (Lipinski definition) is 2. The lowest BCUT2D eigenvalue weighted by molar-refractivity contribution is -0.169. The third-order valence-corrected chi connectivity index (χ3v) is 2.20. The van der Waals surface area contributed by atoms with Crippen molar-refractivity contribution in [2.24, 2.45) is 5.92 Å². The first-order valence-corrected chi connectivity index (χ1v) is 4.92. The van der Waals surface area contributed by atoms with Gasteiger partial charge in [0.05, 0.1) is 7.11 Å². The summed E-state index contributed by atoms with van der Waals surface area (Å²) in [4.78, 5) is 16.1. The van der Waals surface area contributed by atoms with E-state index in [9.17, 15) is 4.79 Å². The highest BCUT2D eigenvalue weighted by Crippen LogP contribution is 2.12. The smallest absolute Gasteiger partial charge is 0.246 e. The van der Waals surface area contributed by atoms with Crippen molar-refractivity contribution in [2.75, 3.05) is 14.2 Å². The highest BCUT2D eigenvalue weighted by Gasteiger charge is 2.12. The van der Waals surface area contributed by atoms with E-state index in [1.165, 1.54) is 25.0 Å². The standard InChI is InChI=1S/C10H21NO2/c1-5-6-7-9(2)8-10(12)11(3)13-4/h9H,5-8H2,1-4H3. The zero-order chi connectivity index (χ0) is 10.3. The molecule has 3 nitrogen and oxygen atoms in total. The molecule has 0 aromatic carbocycles. The summed E-state index contributed by atoms with van der Waals surface area (Å²) in [7, 11) is 3.16. The summed E-state index contributed by atoms with van der Waals surface area (Å²) >= 11 is 0. The van der Waals surface area contributed by atoms with Crippen molar-refractivity contribution in [3.05, 3.63) is 0 Å². The van der Waals surface area contributed by atoms with Gasteiger partial charge in [-0.2, -0.15) is 0 Å². The quantitative estimate of drug-likeness (QED) is 0.597. The van der Waals surface area contributed by atoms with Gasteiger partial charge in [-0.05, 0) is 5.92 Å². The number of rotatable bonds is 6. The molecule has 1 unspecified atom stereocenters. The van der Waals surface area contributed by atoms with Crippen molar-refractivity contribution in [3.63, 3.8) is 0 Å². The lowest BCUT2D eigenvalue weighted by Gasteiger charge is -2.16. The molecule has 0 spiro atoms. The lowest BCUT2D eigenvalue weighted by atomic mass is 10.0. The van der Waals surface area contributed by atoms with E-state index >= 15 is 0 Å². The fourth-order valence-corrected chi connectivity index (χ4v) is 1.18. The minimum Gasteiger partial charge on any atom is -0.275 e. The first-order chi connectivity index (χ1) is 6.11. The molecule has 1 atom stereocenters. The number of hydroxylamine groups is 2. The third-order valence-electron chi connectivity index (χ3n) is 2.20. The van der Waals surface area contributed by atoms with Crippen LogP contribution in [0.3, 0.4) is 0 Å². The van der Waals surface area contributed by atoms with E-state index < -0.39 is 0 Å². The Balaban J connectivity index is 3.64. The van der Waals surface area contributed by atoms with Gasteiger partial charge in [-0.15, -0.1) is 0 Å². The van der Waals surface area contributed by atoms with Crippen LogP contribution >= 0.6 is 0 Å². The summed E-state index contributed by atoms with van der Waals surface area (Å²) in [6.07, 6.45) is 4.11. The molecule has 0 heterocycles. The zero-order valence-electron chi connectivity index (χ0n) is 9.17. The molecule has 0 bridgehead atoms. The molecule has 13 heavy (non-hydrogen) atoms. The molecule has 0 aliphatic heterocycles. The van der Waals surface area contributed by atoms with Gasteiger partial charge in [-0.1, -0.05) is 33.1 Å². The van der Waals surface area contributed by atoms with Gasteiger partial charge >= 0.3 is 0 Å². The average molecular weight is 187 g/mol. The van der Waals surface area contributed by atoms with Gasteiger partial charge in [0.1, 0.15) is 0 Å². The van der Waals surface area contributed by atoms with E-state index in [-0.39, 0.29) is 5.91 Å². The molecule has 0 saturated carbocycles. The summed E-state index contributed by atoms with van der Waals surface area (Å²) in [5.74, 6) is 0.524. The van der Waals surface area contributed by atoms with Crippen LogP contribution in [0.25, 0.3) is 0 Å². The van der Waals surface area contributed by atoms with Gasteiger partial charge in [0, 0.05) is 13.5 Å². The Kier molecular flexibility index (Phi) is 6.59. The van der Waals surface area contributed by atoms with E-state index in [1.807, 2.05) is 0 Å². The first-order valence-electron chi connectivity index (χ1n) is 4.92. The van der Waals surface area contributed by atoms with Crippen LogP contribution in [-0.2, 0) is 9.63 Å². The molecule has 0 aromatic rings. The maximum atomic E-state index is 11.3. The van der Waals surface area contributed by atoms with Gasteiger partial charge in [0.2, 0.25) is 5.91 Å². The minimum atomic E-state index is 0.0612. The molecule has 0 radical (unpaired) electrons. The predicted molar refractivity (Wildman–Crippen MR) is 53.1 cm³/mol. The second-order valence-corrected chi connectivity index (χ2v) is 3.53. The maximum absolute atomic E-state index is 11.3. The summed E-state index contributed by atoms with van der Waals surface area (Å²) in [5, 5.41) is 1.29. The van der Waals surface area contributed by atoms with E-state index in [2.05, 4.69) is 13.8 Å². The fourth-order valence-electron chi connectivity index (χ4n) is 1.18. The Labute approximate surface area is 81.0 Å². The SMILES string of the molecule is CCCCC(C)CC(=O)N(C)OC. The summed E-state index contributed by atoms with van der Waals surface area (Å²) in [6, 6.07) is 0. The Morgan fingerprint density at radius 1 is 1.54 bits per heavy atom. The summed E-state index contributed by atoms with van der Waals surface area (Å²) < 4.78 is 0. The molecule has 0 N–H and O–H groups in total. The molecule has 0 rings (SSSR count). The zero-order valence-corrected chi connectivity index (χ0v) is 9.17. The molecule has 0 aliphatic carbocycles. The highest BCUT2D eigenvalue weighted by atomic mass is 16.7. The number of carbonyl (C=O) groups is 1. The lowest BCUT2D eigenvalue weighted by Crippen LogP contribution is -2.26. The number of unbranched alkanes of at least 4 members (excludes halogenated alkanes) is 1. The van der Waals surface area contributed by atoms with Crippen LogP contribution in [0.5, 0.6) is 0 Å². The van der Waals surface area contributed by atoms with Crippen molar-refractivity contribution in [2.45, 2.75) is 39.5 Å². The summed E-state index contributed by atoms with van der Waals surface area (Å²) in [5.41, 5.74) is 0. The second-order valence-electron chi connectivity index (χ2n) is 3.53. The van der Waals surface area contributed by atoms with Crippen LogP contribution in [0.15, 0.2) is 0 Å². The Hall–Kier alpha value is -0.570. The first kappa shape index (κ1) is 12.4. The number of carbonyl (C=O) groups excluding carboxylic acids is 1. The van der Waals surface area contributed by atoms with E-state index in [0.29, 0.717) is 12.3 Å². The average Bonchev–Trinajstić information content (AvgIpc) is 2.13.